The van der Waals surface area contributed by atoms with Crippen molar-refractivity contribution >= 4 is 17.3 Å². The van der Waals surface area contributed by atoms with Crippen LogP contribution >= 0.6 is 0 Å². The van der Waals surface area contributed by atoms with Crippen LogP contribution in [0.1, 0.15) is 30.1 Å². The van der Waals surface area contributed by atoms with Crippen LogP contribution in [0, 0.1) is 10.1 Å². The first-order valence-electron chi connectivity index (χ1n) is 6.90. The van der Waals surface area contributed by atoms with E-state index in [1.165, 1.54) is 18.2 Å². The Labute approximate surface area is 122 Å². The van der Waals surface area contributed by atoms with Gasteiger partial charge >= 0.3 is 0 Å². The SMILES string of the molecule is CNc1cc(C(=O)NC2CCOC(C)C2)ccc1[N+](=O)[O-]. The van der Waals surface area contributed by atoms with Crippen LogP contribution in [0.15, 0.2) is 18.2 Å². The maximum Gasteiger partial charge on any atom is 0.292 e. The van der Waals surface area contributed by atoms with Gasteiger partial charge in [-0.1, -0.05) is 0 Å². The molecule has 2 rings (SSSR count). The minimum absolute atomic E-state index is 0.0475. The van der Waals surface area contributed by atoms with Gasteiger partial charge in [-0.15, -0.1) is 0 Å². The molecule has 0 bridgehead atoms. The molecular formula is C14H19N3O4. The van der Waals surface area contributed by atoms with Gasteiger partial charge in [-0.25, -0.2) is 0 Å². The molecule has 2 unspecified atom stereocenters. The van der Waals surface area contributed by atoms with Crippen molar-refractivity contribution in [3.8, 4) is 0 Å². The number of anilines is 1. The van der Waals surface area contributed by atoms with Crippen LogP contribution in [0.5, 0.6) is 0 Å². The number of nitro groups is 1. The number of carbonyl (C=O) groups excluding carboxylic acids is 1. The Morgan fingerprint density at radius 1 is 1.48 bits per heavy atom. The summed E-state index contributed by atoms with van der Waals surface area (Å²) in [5.41, 5.74) is 0.686. The number of nitro benzene ring substituents is 1. The summed E-state index contributed by atoms with van der Waals surface area (Å²) in [5.74, 6) is -0.222. The standard InChI is InChI=1S/C14H19N3O4/c1-9-7-11(5-6-21-9)16-14(18)10-3-4-13(17(19)20)12(8-10)15-2/h3-4,8-9,11,15H,5-7H2,1-2H3,(H,16,18). The summed E-state index contributed by atoms with van der Waals surface area (Å²) in [6, 6.07) is 4.38. The number of hydrogen-bond acceptors (Lipinski definition) is 5. The average molecular weight is 293 g/mol. The molecule has 114 valence electrons. The second-order valence-corrected chi connectivity index (χ2v) is 5.12. The third-order valence-electron chi connectivity index (χ3n) is 3.55. The number of amides is 1. The lowest BCUT2D eigenvalue weighted by molar-refractivity contribution is -0.383. The number of ether oxygens (including phenoxy) is 1. The summed E-state index contributed by atoms with van der Waals surface area (Å²) >= 11 is 0. The second kappa shape index (κ2) is 6.53. The van der Waals surface area contributed by atoms with Gasteiger partial charge in [-0.2, -0.15) is 0 Å². The maximum atomic E-state index is 12.2. The predicted molar refractivity (Wildman–Crippen MR) is 78.5 cm³/mol. The van der Waals surface area contributed by atoms with Gasteiger partial charge in [0.15, 0.2) is 0 Å². The molecule has 1 amide bonds. The number of rotatable bonds is 4. The molecule has 1 aromatic carbocycles. The molecule has 0 aromatic heterocycles. The molecular weight excluding hydrogens is 274 g/mol. The molecule has 0 radical (unpaired) electrons. The number of carbonyl (C=O) groups is 1. The Bertz CT molecular complexity index is 547. The fourth-order valence-electron chi connectivity index (χ4n) is 2.43. The Kier molecular flexibility index (Phi) is 4.74. The van der Waals surface area contributed by atoms with E-state index in [-0.39, 0.29) is 23.7 Å². The molecule has 1 aliphatic rings. The zero-order valence-electron chi connectivity index (χ0n) is 12.1. The van der Waals surface area contributed by atoms with Crippen LogP contribution in [0.4, 0.5) is 11.4 Å². The van der Waals surface area contributed by atoms with Gasteiger partial charge < -0.3 is 15.4 Å². The highest BCUT2D eigenvalue weighted by molar-refractivity contribution is 5.96. The molecule has 0 spiro atoms. The van der Waals surface area contributed by atoms with Crippen LogP contribution in [-0.2, 0) is 4.74 Å². The fourth-order valence-corrected chi connectivity index (χ4v) is 2.43. The van der Waals surface area contributed by atoms with Crippen molar-refractivity contribution in [1.29, 1.82) is 0 Å². The molecule has 7 nitrogen and oxygen atoms in total. The molecule has 0 saturated carbocycles. The first kappa shape index (κ1) is 15.2. The Morgan fingerprint density at radius 2 is 2.24 bits per heavy atom. The van der Waals surface area contributed by atoms with Crippen molar-refractivity contribution in [2.75, 3.05) is 19.0 Å². The zero-order chi connectivity index (χ0) is 15.4. The third kappa shape index (κ3) is 3.69. The molecule has 7 heteroatoms. The highest BCUT2D eigenvalue weighted by atomic mass is 16.6. The monoisotopic (exact) mass is 293 g/mol. The fraction of sp³-hybridized carbons (Fsp3) is 0.500. The van der Waals surface area contributed by atoms with Gasteiger partial charge in [-0.3, -0.25) is 14.9 Å². The van der Waals surface area contributed by atoms with Gasteiger partial charge in [0.25, 0.3) is 11.6 Å². The van der Waals surface area contributed by atoms with Gasteiger partial charge in [0.2, 0.25) is 0 Å². The lowest BCUT2D eigenvalue weighted by Crippen LogP contribution is -2.41. The summed E-state index contributed by atoms with van der Waals surface area (Å²) in [7, 11) is 1.59. The number of benzene rings is 1. The second-order valence-electron chi connectivity index (χ2n) is 5.12. The lowest BCUT2D eigenvalue weighted by atomic mass is 10.0. The average Bonchev–Trinajstić information content (AvgIpc) is 2.46. The molecule has 0 aliphatic carbocycles. The molecule has 1 aliphatic heterocycles. The topological polar surface area (TPSA) is 93.5 Å². The van der Waals surface area contributed by atoms with E-state index in [4.69, 9.17) is 4.74 Å². The summed E-state index contributed by atoms with van der Waals surface area (Å²) in [5, 5.41) is 16.6. The molecule has 1 saturated heterocycles. The van der Waals surface area contributed by atoms with Crippen molar-refractivity contribution in [3.63, 3.8) is 0 Å². The van der Waals surface area contributed by atoms with Gasteiger partial charge in [0.1, 0.15) is 5.69 Å². The van der Waals surface area contributed by atoms with E-state index < -0.39 is 4.92 Å². The van der Waals surface area contributed by atoms with Crippen LogP contribution < -0.4 is 10.6 Å². The van der Waals surface area contributed by atoms with Crippen molar-refractivity contribution in [1.82, 2.24) is 5.32 Å². The first-order chi connectivity index (χ1) is 10.0. The van der Waals surface area contributed by atoms with E-state index in [2.05, 4.69) is 10.6 Å². The summed E-state index contributed by atoms with van der Waals surface area (Å²) < 4.78 is 5.44. The highest BCUT2D eigenvalue weighted by Gasteiger charge is 2.22. The van der Waals surface area contributed by atoms with E-state index in [0.29, 0.717) is 17.9 Å². The molecule has 1 fully saturated rings. The number of nitrogens with one attached hydrogen (secondary N) is 2. The Balaban J connectivity index is 2.10. The van der Waals surface area contributed by atoms with Crippen molar-refractivity contribution < 1.29 is 14.5 Å². The normalized spacial score (nSPS) is 21.6. The maximum absolute atomic E-state index is 12.2. The number of hydrogen-bond donors (Lipinski definition) is 2. The van der Waals surface area contributed by atoms with Crippen LogP contribution in [-0.4, -0.2) is 36.6 Å². The zero-order valence-corrected chi connectivity index (χ0v) is 12.1. The van der Waals surface area contributed by atoms with E-state index in [9.17, 15) is 14.9 Å². The van der Waals surface area contributed by atoms with E-state index in [1.54, 1.807) is 7.05 Å². The Morgan fingerprint density at radius 3 is 2.86 bits per heavy atom. The van der Waals surface area contributed by atoms with Gasteiger partial charge in [-0.05, 0) is 31.9 Å². The largest absolute Gasteiger partial charge is 0.383 e. The first-order valence-corrected chi connectivity index (χ1v) is 6.90. The number of nitrogens with zero attached hydrogens (tertiary/aromatic N) is 1. The van der Waals surface area contributed by atoms with Crippen LogP contribution in [0.3, 0.4) is 0 Å². The minimum Gasteiger partial charge on any atom is -0.383 e. The van der Waals surface area contributed by atoms with Crippen LogP contribution in [0.2, 0.25) is 0 Å². The van der Waals surface area contributed by atoms with E-state index in [1.807, 2.05) is 6.92 Å². The van der Waals surface area contributed by atoms with E-state index >= 15 is 0 Å². The summed E-state index contributed by atoms with van der Waals surface area (Å²) in [6.07, 6.45) is 1.69. The Hall–Kier alpha value is -2.15. The lowest BCUT2D eigenvalue weighted by Gasteiger charge is -2.28. The quantitative estimate of drug-likeness (QED) is 0.653. The van der Waals surface area contributed by atoms with Crippen molar-refractivity contribution in [2.45, 2.75) is 31.9 Å². The van der Waals surface area contributed by atoms with Gasteiger partial charge in [0, 0.05) is 31.3 Å². The molecule has 2 N–H and O–H groups in total. The van der Waals surface area contributed by atoms with E-state index in [0.717, 1.165) is 12.8 Å². The molecule has 1 aromatic rings. The molecule has 21 heavy (non-hydrogen) atoms. The predicted octanol–water partition coefficient (Wildman–Crippen LogP) is 1.93. The van der Waals surface area contributed by atoms with Crippen molar-refractivity contribution in [3.05, 3.63) is 33.9 Å². The molecule has 1 heterocycles. The smallest absolute Gasteiger partial charge is 0.292 e. The highest BCUT2D eigenvalue weighted by Crippen LogP contribution is 2.25. The summed E-state index contributed by atoms with van der Waals surface area (Å²) in [6.45, 7) is 2.61. The third-order valence-corrected chi connectivity index (χ3v) is 3.55. The van der Waals surface area contributed by atoms with Gasteiger partial charge in [0.05, 0.1) is 11.0 Å². The van der Waals surface area contributed by atoms with Crippen molar-refractivity contribution in [2.24, 2.45) is 0 Å². The minimum atomic E-state index is -0.478. The molecule has 2 atom stereocenters. The van der Waals surface area contributed by atoms with Crippen LogP contribution in [0.25, 0.3) is 0 Å². The summed E-state index contributed by atoms with van der Waals surface area (Å²) in [4.78, 5) is 22.6.